The third-order valence-corrected chi connectivity index (χ3v) is 4.98. The van der Waals surface area contributed by atoms with E-state index in [4.69, 9.17) is 10.5 Å². The number of hydrogen-bond acceptors (Lipinski definition) is 4. The number of nitrogens with two attached hydrogens (primary N) is 1. The van der Waals surface area contributed by atoms with Crippen LogP contribution in [0, 0.1) is 17.7 Å². The van der Waals surface area contributed by atoms with Crippen LogP contribution in [0.15, 0.2) is 29.3 Å². The largest absolute Gasteiger partial charge is 0.379 e. The molecule has 0 bridgehead atoms. The zero-order valence-electron chi connectivity index (χ0n) is 10.8. The Labute approximate surface area is 116 Å². The van der Waals surface area contributed by atoms with Gasteiger partial charge in [-0.1, -0.05) is 36.9 Å². The Morgan fingerprint density at radius 1 is 1.47 bits per heavy atom. The summed E-state index contributed by atoms with van der Waals surface area (Å²) in [5, 5.41) is 0.525. The molecule has 1 aromatic rings. The maximum absolute atomic E-state index is 14.2. The monoisotopic (exact) mass is 280 g/mol. The molecule has 3 atom stereocenters. The summed E-state index contributed by atoms with van der Waals surface area (Å²) in [6.45, 7) is 3.25. The Morgan fingerprint density at radius 2 is 2.26 bits per heavy atom. The molecule has 19 heavy (non-hydrogen) atoms. The van der Waals surface area contributed by atoms with Crippen LogP contribution in [0.2, 0.25) is 0 Å². The molecule has 1 fully saturated rings. The van der Waals surface area contributed by atoms with Crippen LogP contribution in [0.25, 0.3) is 0 Å². The van der Waals surface area contributed by atoms with Crippen molar-refractivity contribution in [2.45, 2.75) is 12.5 Å². The van der Waals surface area contributed by atoms with Gasteiger partial charge in [-0.3, -0.25) is 0 Å². The van der Waals surface area contributed by atoms with Crippen molar-refractivity contribution in [3.8, 4) is 0 Å². The Kier molecular flexibility index (Phi) is 3.27. The topological polar surface area (TPSA) is 47.6 Å². The Morgan fingerprint density at radius 3 is 3.05 bits per heavy atom. The lowest BCUT2D eigenvalue weighted by molar-refractivity contribution is -0.0339. The van der Waals surface area contributed by atoms with Crippen LogP contribution >= 0.6 is 11.8 Å². The first-order valence-electron chi connectivity index (χ1n) is 6.44. The number of thioether (sulfide) groups is 1. The number of aliphatic imine (C=N–C) groups is 1. The first-order chi connectivity index (χ1) is 9.13. The van der Waals surface area contributed by atoms with Crippen molar-refractivity contribution in [2.24, 2.45) is 22.6 Å². The number of rotatable bonds is 1. The van der Waals surface area contributed by atoms with Gasteiger partial charge in [-0.05, 0) is 12.0 Å². The molecule has 0 spiro atoms. The number of fused-ring (bicyclic) bond motifs is 1. The van der Waals surface area contributed by atoms with Crippen LogP contribution < -0.4 is 5.73 Å². The van der Waals surface area contributed by atoms with E-state index in [-0.39, 0.29) is 11.7 Å². The molecule has 3 nitrogen and oxygen atoms in total. The molecule has 2 aliphatic rings. The van der Waals surface area contributed by atoms with Crippen LogP contribution in [0.4, 0.5) is 4.39 Å². The van der Waals surface area contributed by atoms with E-state index in [9.17, 15) is 4.39 Å². The molecule has 0 aromatic heterocycles. The summed E-state index contributed by atoms with van der Waals surface area (Å²) < 4.78 is 19.9. The van der Waals surface area contributed by atoms with Gasteiger partial charge in [-0.15, -0.1) is 0 Å². The fourth-order valence-electron chi connectivity index (χ4n) is 3.07. The molecule has 0 aliphatic carbocycles. The van der Waals surface area contributed by atoms with E-state index < -0.39 is 5.54 Å². The zero-order chi connectivity index (χ0) is 13.5. The molecule has 5 heteroatoms. The van der Waals surface area contributed by atoms with Crippen LogP contribution in [0.1, 0.15) is 12.5 Å². The second-order valence-electron chi connectivity index (χ2n) is 5.26. The van der Waals surface area contributed by atoms with Gasteiger partial charge in [0.1, 0.15) is 11.4 Å². The van der Waals surface area contributed by atoms with Crippen molar-refractivity contribution < 1.29 is 9.13 Å². The van der Waals surface area contributed by atoms with Gasteiger partial charge in [0.15, 0.2) is 5.17 Å². The molecule has 0 amide bonds. The standard InChI is InChI=1S/C14H17FN2OS/c1-9-6-18-8-14(10-4-2-3-5-12(10)15)11(9)7-19-13(16)17-14/h2-5,9,11H,6-8H2,1H3,(H2,16,17). The third kappa shape index (κ3) is 2.05. The van der Waals surface area contributed by atoms with Gasteiger partial charge in [-0.25, -0.2) is 9.38 Å². The summed E-state index contributed by atoms with van der Waals surface area (Å²) in [4.78, 5) is 4.61. The average Bonchev–Trinajstić information content (AvgIpc) is 2.39. The van der Waals surface area contributed by atoms with Gasteiger partial charge in [0.05, 0.1) is 6.61 Å². The molecular weight excluding hydrogens is 263 g/mol. The lowest BCUT2D eigenvalue weighted by atomic mass is 9.72. The summed E-state index contributed by atoms with van der Waals surface area (Å²) >= 11 is 1.56. The Balaban J connectivity index is 2.15. The molecule has 3 rings (SSSR count). The predicted octanol–water partition coefficient (Wildman–Crippen LogP) is 2.37. The number of hydrogen-bond donors (Lipinski definition) is 1. The number of amidine groups is 1. The van der Waals surface area contributed by atoms with Crippen LogP contribution in [-0.4, -0.2) is 24.1 Å². The lowest BCUT2D eigenvalue weighted by Crippen LogP contribution is -2.51. The van der Waals surface area contributed by atoms with Gasteiger partial charge in [-0.2, -0.15) is 0 Å². The summed E-state index contributed by atoms with van der Waals surface area (Å²) in [7, 11) is 0. The predicted molar refractivity (Wildman–Crippen MR) is 75.6 cm³/mol. The van der Waals surface area contributed by atoms with Crippen molar-refractivity contribution in [1.29, 1.82) is 0 Å². The second kappa shape index (κ2) is 4.80. The summed E-state index contributed by atoms with van der Waals surface area (Å²) in [6.07, 6.45) is 0. The van der Waals surface area contributed by atoms with E-state index >= 15 is 0 Å². The third-order valence-electron chi connectivity index (χ3n) is 4.06. The minimum Gasteiger partial charge on any atom is -0.379 e. The van der Waals surface area contributed by atoms with E-state index in [0.29, 0.717) is 29.9 Å². The van der Waals surface area contributed by atoms with Gasteiger partial charge < -0.3 is 10.5 Å². The fraction of sp³-hybridized carbons (Fsp3) is 0.500. The molecule has 102 valence electrons. The molecule has 3 unspecified atom stereocenters. The molecule has 2 N–H and O–H groups in total. The summed E-state index contributed by atoms with van der Waals surface area (Å²) in [6, 6.07) is 6.82. The molecule has 1 aromatic carbocycles. The smallest absolute Gasteiger partial charge is 0.154 e. The SMILES string of the molecule is CC1COCC2(c3ccccc3F)N=C(N)SCC12. The van der Waals surface area contributed by atoms with Crippen LogP contribution in [0.5, 0.6) is 0 Å². The highest BCUT2D eigenvalue weighted by atomic mass is 32.2. The fourth-order valence-corrected chi connectivity index (χ4v) is 4.25. The van der Waals surface area contributed by atoms with Crippen molar-refractivity contribution in [1.82, 2.24) is 0 Å². The first kappa shape index (κ1) is 12.9. The van der Waals surface area contributed by atoms with Crippen molar-refractivity contribution >= 4 is 16.9 Å². The van der Waals surface area contributed by atoms with E-state index in [0.717, 1.165) is 5.75 Å². The molecule has 2 heterocycles. The van der Waals surface area contributed by atoms with Gasteiger partial charge in [0.25, 0.3) is 0 Å². The Hall–Kier alpha value is -1.07. The highest BCUT2D eigenvalue weighted by molar-refractivity contribution is 8.13. The zero-order valence-corrected chi connectivity index (χ0v) is 11.6. The van der Waals surface area contributed by atoms with E-state index in [1.807, 2.05) is 6.07 Å². The highest BCUT2D eigenvalue weighted by Gasteiger charge is 2.49. The molecular formula is C14H17FN2OS. The van der Waals surface area contributed by atoms with E-state index in [1.165, 1.54) is 6.07 Å². The minimum absolute atomic E-state index is 0.228. The maximum Gasteiger partial charge on any atom is 0.154 e. The quantitative estimate of drug-likeness (QED) is 0.859. The minimum atomic E-state index is -0.654. The maximum atomic E-state index is 14.2. The normalized spacial score (nSPS) is 34.5. The molecule has 2 aliphatic heterocycles. The van der Waals surface area contributed by atoms with Crippen LogP contribution in [0.3, 0.4) is 0 Å². The Bertz CT molecular complexity index is 522. The van der Waals surface area contributed by atoms with Crippen LogP contribution in [-0.2, 0) is 10.3 Å². The number of ether oxygens (including phenoxy) is 1. The average molecular weight is 280 g/mol. The second-order valence-corrected chi connectivity index (χ2v) is 6.30. The van der Waals surface area contributed by atoms with Gasteiger partial charge in [0.2, 0.25) is 0 Å². The van der Waals surface area contributed by atoms with Crippen molar-refractivity contribution in [3.05, 3.63) is 35.6 Å². The number of nitrogens with zero attached hydrogens (tertiary/aromatic N) is 1. The summed E-state index contributed by atoms with van der Waals surface area (Å²) in [5.41, 5.74) is 5.85. The lowest BCUT2D eigenvalue weighted by Gasteiger charge is -2.46. The van der Waals surface area contributed by atoms with Crippen molar-refractivity contribution in [2.75, 3.05) is 19.0 Å². The molecule has 0 saturated carbocycles. The van der Waals surface area contributed by atoms with E-state index in [2.05, 4.69) is 11.9 Å². The molecule has 0 radical (unpaired) electrons. The number of benzene rings is 1. The van der Waals surface area contributed by atoms with Gasteiger partial charge in [0, 0.05) is 23.8 Å². The number of halogens is 1. The first-order valence-corrected chi connectivity index (χ1v) is 7.43. The molecule has 1 saturated heterocycles. The van der Waals surface area contributed by atoms with Gasteiger partial charge >= 0.3 is 0 Å². The van der Waals surface area contributed by atoms with Crippen molar-refractivity contribution in [3.63, 3.8) is 0 Å². The van der Waals surface area contributed by atoms with E-state index in [1.54, 1.807) is 23.9 Å². The highest BCUT2D eigenvalue weighted by Crippen LogP contribution is 2.47. The summed E-state index contributed by atoms with van der Waals surface area (Å²) in [5.74, 6) is 1.25.